The topological polar surface area (TPSA) is 96.0 Å². The monoisotopic (exact) mass is 424 g/mol. The predicted molar refractivity (Wildman–Crippen MR) is 111 cm³/mol. The lowest BCUT2D eigenvalue weighted by Gasteiger charge is -2.32. The molecular weight excluding hydrogens is 400 g/mol. The van der Waals surface area contributed by atoms with E-state index in [0.29, 0.717) is 12.8 Å². The molecule has 1 aliphatic carbocycles. The minimum Gasteiger partial charge on any atom is -0.462 e. The Kier molecular flexibility index (Phi) is 6.84. The van der Waals surface area contributed by atoms with Crippen molar-refractivity contribution in [3.8, 4) is 11.5 Å². The van der Waals surface area contributed by atoms with Gasteiger partial charge in [-0.1, -0.05) is 24.3 Å². The van der Waals surface area contributed by atoms with Crippen molar-refractivity contribution in [1.82, 2.24) is 0 Å². The molecule has 0 unspecified atom stereocenters. The van der Waals surface area contributed by atoms with Gasteiger partial charge in [-0.2, -0.15) is 0 Å². The van der Waals surface area contributed by atoms with Crippen LogP contribution < -0.4 is 9.47 Å². The van der Waals surface area contributed by atoms with E-state index < -0.39 is 24.0 Å². The Hall–Kier alpha value is -3.48. The van der Waals surface area contributed by atoms with E-state index in [1.54, 1.807) is 0 Å². The van der Waals surface area contributed by atoms with E-state index in [1.165, 1.54) is 39.0 Å². The summed E-state index contributed by atoms with van der Waals surface area (Å²) in [5.41, 5.74) is 2.47. The Morgan fingerprint density at radius 1 is 0.806 bits per heavy atom. The van der Waals surface area contributed by atoms with Crippen LogP contribution in [0.2, 0.25) is 0 Å². The molecule has 31 heavy (non-hydrogen) atoms. The summed E-state index contributed by atoms with van der Waals surface area (Å²) in [6, 6.07) is 12.1. The van der Waals surface area contributed by atoms with Gasteiger partial charge >= 0.3 is 17.9 Å². The number of carbonyl (C=O) groups excluding carboxylic acids is 4. The Labute approximate surface area is 180 Å². The lowest BCUT2D eigenvalue weighted by molar-refractivity contribution is -0.149. The molecule has 0 fully saturated rings. The third-order valence-electron chi connectivity index (χ3n) is 5.04. The first-order valence-electron chi connectivity index (χ1n) is 10.0. The lowest BCUT2D eigenvalue weighted by Crippen LogP contribution is -2.35. The zero-order valence-corrected chi connectivity index (χ0v) is 17.7. The molecule has 162 valence electrons. The van der Waals surface area contributed by atoms with E-state index in [4.69, 9.17) is 14.2 Å². The molecule has 0 aliphatic heterocycles. The van der Waals surface area contributed by atoms with Crippen LogP contribution in [0.1, 0.15) is 48.7 Å². The number of rotatable bonds is 6. The van der Waals surface area contributed by atoms with Gasteiger partial charge in [-0.3, -0.25) is 19.2 Å². The van der Waals surface area contributed by atoms with Crippen LogP contribution in [0.25, 0.3) is 0 Å². The maximum absolute atomic E-state index is 13.1. The van der Waals surface area contributed by atoms with Gasteiger partial charge in [0.1, 0.15) is 17.6 Å². The second kappa shape index (κ2) is 9.55. The van der Waals surface area contributed by atoms with E-state index in [0.717, 1.165) is 11.1 Å². The van der Waals surface area contributed by atoms with Gasteiger partial charge in [0.2, 0.25) is 0 Å². The normalized spacial score (nSPS) is 17.3. The average molecular weight is 424 g/mol. The van der Waals surface area contributed by atoms with Crippen LogP contribution in [0, 0.1) is 5.92 Å². The highest BCUT2D eigenvalue weighted by atomic mass is 16.5. The largest absolute Gasteiger partial charge is 0.462 e. The van der Waals surface area contributed by atoms with Gasteiger partial charge in [-0.05, 0) is 29.7 Å². The maximum atomic E-state index is 13.1. The highest BCUT2D eigenvalue weighted by molar-refractivity contribution is 5.97. The van der Waals surface area contributed by atoms with Crippen molar-refractivity contribution in [3.63, 3.8) is 0 Å². The summed E-state index contributed by atoms with van der Waals surface area (Å²) >= 11 is 0. The summed E-state index contributed by atoms with van der Waals surface area (Å²) in [5.74, 6) is -1.73. The number of hydrogen-bond acceptors (Lipinski definition) is 7. The molecule has 2 atom stereocenters. The number of carbonyl (C=O) groups is 4. The SMILES string of the molecule is CC(=O)Oc1cc(OC(C)=O)cc(C(=O)C[C@H]2Cc3ccccc3C[C@H]2OC(C)=O)c1. The Balaban J connectivity index is 1.86. The van der Waals surface area contributed by atoms with Crippen LogP contribution in [-0.4, -0.2) is 29.8 Å². The standard InChI is InChI=1S/C24H24O7/c1-14(25)29-21-9-19(10-22(13-21)30-15(2)26)23(28)11-20-8-17-6-4-5-7-18(17)12-24(20)31-16(3)27/h4-7,9-10,13,20,24H,8,11-12H2,1-3H3/t20-,24-/m1/s1. The Morgan fingerprint density at radius 3 is 1.87 bits per heavy atom. The highest BCUT2D eigenvalue weighted by Gasteiger charge is 2.32. The maximum Gasteiger partial charge on any atom is 0.308 e. The van der Waals surface area contributed by atoms with Gasteiger partial charge in [0, 0.05) is 51.2 Å². The summed E-state index contributed by atoms with van der Waals surface area (Å²) in [6.45, 7) is 3.83. The predicted octanol–water partition coefficient (Wildman–Crippen LogP) is 3.46. The second-order valence-corrected chi connectivity index (χ2v) is 7.59. The van der Waals surface area contributed by atoms with Crippen molar-refractivity contribution in [1.29, 1.82) is 0 Å². The number of esters is 3. The van der Waals surface area contributed by atoms with Crippen LogP contribution in [0.3, 0.4) is 0 Å². The van der Waals surface area contributed by atoms with E-state index in [-0.39, 0.29) is 35.2 Å². The summed E-state index contributed by atoms with van der Waals surface area (Å²) in [7, 11) is 0. The molecule has 7 nitrogen and oxygen atoms in total. The highest BCUT2D eigenvalue weighted by Crippen LogP contribution is 2.32. The molecule has 0 spiro atoms. The van der Waals surface area contributed by atoms with Gasteiger partial charge in [-0.15, -0.1) is 0 Å². The first-order chi connectivity index (χ1) is 14.7. The second-order valence-electron chi connectivity index (χ2n) is 7.59. The number of ether oxygens (including phenoxy) is 3. The van der Waals surface area contributed by atoms with Gasteiger partial charge in [0.15, 0.2) is 5.78 Å². The van der Waals surface area contributed by atoms with Crippen LogP contribution in [-0.2, 0) is 32.0 Å². The lowest BCUT2D eigenvalue weighted by atomic mass is 9.78. The number of benzene rings is 2. The molecule has 0 saturated heterocycles. The molecule has 0 saturated carbocycles. The molecule has 1 aliphatic rings. The first-order valence-corrected chi connectivity index (χ1v) is 10.0. The fourth-order valence-corrected chi connectivity index (χ4v) is 3.85. The van der Waals surface area contributed by atoms with Gasteiger partial charge in [0.05, 0.1) is 0 Å². The fraction of sp³-hybridized carbons (Fsp3) is 0.333. The first kappa shape index (κ1) is 22.2. The van der Waals surface area contributed by atoms with E-state index in [1.807, 2.05) is 24.3 Å². The number of ketones is 1. The van der Waals surface area contributed by atoms with Crippen LogP contribution in [0.5, 0.6) is 11.5 Å². The van der Waals surface area contributed by atoms with Crippen molar-refractivity contribution in [3.05, 3.63) is 59.2 Å². The summed E-state index contributed by atoms with van der Waals surface area (Å²) in [6.07, 6.45) is 0.844. The molecule has 2 aromatic rings. The van der Waals surface area contributed by atoms with Crippen LogP contribution >= 0.6 is 0 Å². The molecule has 3 rings (SSSR count). The van der Waals surface area contributed by atoms with Crippen molar-refractivity contribution in [2.24, 2.45) is 5.92 Å². The molecule has 2 aromatic carbocycles. The molecule has 0 bridgehead atoms. The van der Waals surface area contributed by atoms with Gasteiger partial charge < -0.3 is 14.2 Å². The van der Waals surface area contributed by atoms with E-state index >= 15 is 0 Å². The molecule has 0 amide bonds. The Bertz CT molecular complexity index is 990. The number of fused-ring (bicyclic) bond motifs is 1. The molecule has 7 heteroatoms. The zero-order valence-electron chi connectivity index (χ0n) is 17.7. The van der Waals surface area contributed by atoms with Crippen molar-refractivity contribution in [2.75, 3.05) is 0 Å². The third-order valence-corrected chi connectivity index (χ3v) is 5.04. The minimum absolute atomic E-state index is 0.111. The Morgan fingerprint density at radius 2 is 1.35 bits per heavy atom. The quantitative estimate of drug-likeness (QED) is 0.398. The van der Waals surface area contributed by atoms with Crippen molar-refractivity contribution >= 4 is 23.7 Å². The summed E-state index contributed by atoms with van der Waals surface area (Å²) < 4.78 is 15.7. The van der Waals surface area contributed by atoms with E-state index in [2.05, 4.69) is 0 Å². The van der Waals surface area contributed by atoms with Gasteiger partial charge in [0.25, 0.3) is 0 Å². The van der Waals surface area contributed by atoms with Gasteiger partial charge in [-0.25, -0.2) is 0 Å². The fourth-order valence-electron chi connectivity index (χ4n) is 3.85. The van der Waals surface area contributed by atoms with Crippen LogP contribution in [0.4, 0.5) is 0 Å². The molecule has 0 aromatic heterocycles. The van der Waals surface area contributed by atoms with Crippen molar-refractivity contribution in [2.45, 2.75) is 46.1 Å². The molecule has 0 heterocycles. The summed E-state index contributed by atoms with van der Waals surface area (Å²) in [4.78, 5) is 47.4. The van der Waals surface area contributed by atoms with Crippen molar-refractivity contribution < 1.29 is 33.4 Å². The van der Waals surface area contributed by atoms with Crippen LogP contribution in [0.15, 0.2) is 42.5 Å². The van der Waals surface area contributed by atoms with E-state index in [9.17, 15) is 19.2 Å². The zero-order chi connectivity index (χ0) is 22.5. The molecular formula is C24H24O7. The number of Topliss-reactive ketones (excluding diaryl/α,β-unsaturated/α-hetero) is 1. The molecule has 0 N–H and O–H groups in total. The number of hydrogen-bond donors (Lipinski definition) is 0. The molecule has 0 radical (unpaired) electrons. The summed E-state index contributed by atoms with van der Waals surface area (Å²) in [5, 5.41) is 0. The average Bonchev–Trinajstić information content (AvgIpc) is 2.66. The smallest absolute Gasteiger partial charge is 0.308 e. The minimum atomic E-state index is -0.558. The third kappa shape index (κ3) is 6.01.